The third-order valence-corrected chi connectivity index (χ3v) is 5.05. The molecule has 0 amide bonds. The first-order valence-corrected chi connectivity index (χ1v) is 8.86. The number of nitrogens with zero attached hydrogens (tertiary/aromatic N) is 2. The molecule has 0 aliphatic carbocycles. The molecular weight excluding hydrogens is 320 g/mol. The Morgan fingerprint density at radius 2 is 1.88 bits per heavy atom. The predicted octanol–water partition coefficient (Wildman–Crippen LogP) is 5.38. The Labute approximate surface area is 153 Å². The van der Waals surface area contributed by atoms with Crippen molar-refractivity contribution in [2.24, 2.45) is 7.05 Å². The topological polar surface area (TPSA) is 40.8 Å². The molecule has 0 aliphatic heterocycles. The van der Waals surface area contributed by atoms with Gasteiger partial charge in [-0.3, -0.25) is 0 Å². The molecule has 3 nitrogen and oxygen atoms in total. The van der Waals surface area contributed by atoms with Crippen molar-refractivity contribution >= 4 is 21.9 Å². The third-order valence-electron chi connectivity index (χ3n) is 5.05. The summed E-state index contributed by atoms with van der Waals surface area (Å²) >= 11 is 0. The summed E-state index contributed by atoms with van der Waals surface area (Å²) in [6, 6.07) is 16.7. The molecule has 2 heterocycles. The SMILES string of the molecule is Cc1cc(C#N)c2c(oc3c(C(C)C)cccc32)c1-c1cccc[n+]1C. The summed E-state index contributed by atoms with van der Waals surface area (Å²) < 4.78 is 8.53. The molecule has 3 heteroatoms. The van der Waals surface area contributed by atoms with Crippen LogP contribution in [0.4, 0.5) is 0 Å². The fourth-order valence-electron chi connectivity index (χ4n) is 3.77. The number of aromatic nitrogens is 1. The zero-order valence-electron chi connectivity index (χ0n) is 15.5. The van der Waals surface area contributed by atoms with E-state index in [0.717, 1.165) is 38.8 Å². The summed E-state index contributed by atoms with van der Waals surface area (Å²) in [6.45, 7) is 6.37. The number of furan rings is 1. The molecule has 26 heavy (non-hydrogen) atoms. The second kappa shape index (κ2) is 6.00. The van der Waals surface area contributed by atoms with Crippen molar-refractivity contribution in [1.82, 2.24) is 0 Å². The van der Waals surface area contributed by atoms with Crippen LogP contribution in [0.1, 0.15) is 36.5 Å². The summed E-state index contributed by atoms with van der Waals surface area (Å²) in [7, 11) is 2.03. The Balaban J connectivity index is 2.23. The van der Waals surface area contributed by atoms with E-state index >= 15 is 0 Å². The smallest absolute Gasteiger partial charge is 0.216 e. The quantitative estimate of drug-likeness (QED) is 0.459. The van der Waals surface area contributed by atoms with Gasteiger partial charge >= 0.3 is 0 Å². The van der Waals surface area contributed by atoms with Crippen LogP contribution in [0.3, 0.4) is 0 Å². The zero-order chi connectivity index (χ0) is 18.4. The second-order valence-electron chi connectivity index (χ2n) is 7.11. The molecule has 0 unspecified atom stereocenters. The monoisotopic (exact) mass is 341 g/mol. The summed E-state index contributed by atoms with van der Waals surface area (Å²) in [5.41, 5.74) is 6.69. The van der Waals surface area contributed by atoms with Gasteiger partial charge in [0.2, 0.25) is 5.69 Å². The number of hydrogen-bond donors (Lipinski definition) is 0. The Hall–Kier alpha value is -3.12. The highest BCUT2D eigenvalue weighted by Crippen LogP contribution is 2.41. The molecular formula is C23H21N2O+. The van der Waals surface area contributed by atoms with Gasteiger partial charge in [-0.1, -0.05) is 32.0 Å². The van der Waals surface area contributed by atoms with E-state index in [0.29, 0.717) is 11.5 Å². The lowest BCUT2D eigenvalue weighted by molar-refractivity contribution is -0.660. The van der Waals surface area contributed by atoms with Gasteiger partial charge in [0.05, 0.1) is 17.2 Å². The van der Waals surface area contributed by atoms with E-state index in [1.54, 1.807) is 0 Å². The van der Waals surface area contributed by atoms with Crippen molar-refractivity contribution in [2.75, 3.05) is 0 Å². The molecule has 0 saturated carbocycles. The van der Waals surface area contributed by atoms with E-state index in [2.05, 4.69) is 48.7 Å². The van der Waals surface area contributed by atoms with Gasteiger partial charge in [-0.2, -0.15) is 5.26 Å². The largest absolute Gasteiger partial charge is 0.455 e. The molecule has 0 atom stereocenters. The average Bonchev–Trinajstić information content (AvgIpc) is 3.01. The predicted molar refractivity (Wildman–Crippen MR) is 104 cm³/mol. The van der Waals surface area contributed by atoms with Crippen LogP contribution in [0.15, 0.2) is 53.1 Å². The number of pyridine rings is 1. The highest BCUT2D eigenvalue weighted by molar-refractivity contribution is 6.13. The number of para-hydroxylation sites is 1. The normalized spacial score (nSPS) is 11.4. The van der Waals surface area contributed by atoms with Gasteiger partial charge in [-0.25, -0.2) is 4.57 Å². The summed E-state index contributed by atoms with van der Waals surface area (Å²) in [5.74, 6) is 0.349. The van der Waals surface area contributed by atoms with Gasteiger partial charge < -0.3 is 4.42 Å². The van der Waals surface area contributed by atoms with Crippen LogP contribution in [0, 0.1) is 18.3 Å². The van der Waals surface area contributed by atoms with Gasteiger partial charge in [0.25, 0.3) is 0 Å². The van der Waals surface area contributed by atoms with Gasteiger partial charge in [0, 0.05) is 22.9 Å². The molecule has 0 spiro atoms. The Morgan fingerprint density at radius 3 is 2.58 bits per heavy atom. The minimum atomic E-state index is 0.349. The van der Waals surface area contributed by atoms with E-state index in [1.165, 1.54) is 5.56 Å². The number of benzene rings is 2. The Kier molecular flexibility index (Phi) is 3.77. The Morgan fingerprint density at radius 1 is 1.08 bits per heavy atom. The summed E-state index contributed by atoms with van der Waals surface area (Å²) in [6.07, 6.45) is 2.03. The highest BCUT2D eigenvalue weighted by Gasteiger charge is 2.24. The number of hydrogen-bond acceptors (Lipinski definition) is 2. The van der Waals surface area contributed by atoms with Crippen LogP contribution in [-0.4, -0.2) is 0 Å². The lowest BCUT2D eigenvalue weighted by Crippen LogP contribution is -2.30. The van der Waals surface area contributed by atoms with E-state index in [9.17, 15) is 5.26 Å². The van der Waals surface area contributed by atoms with Crippen LogP contribution in [-0.2, 0) is 7.05 Å². The molecule has 2 aromatic heterocycles. The first kappa shape index (κ1) is 16.4. The van der Waals surface area contributed by atoms with Crippen molar-refractivity contribution in [2.45, 2.75) is 26.7 Å². The van der Waals surface area contributed by atoms with E-state index in [1.807, 2.05) is 38.4 Å². The fourth-order valence-corrected chi connectivity index (χ4v) is 3.77. The maximum atomic E-state index is 9.74. The number of rotatable bonds is 2. The minimum absolute atomic E-state index is 0.349. The van der Waals surface area contributed by atoms with Gasteiger partial charge in [0.1, 0.15) is 12.6 Å². The van der Waals surface area contributed by atoms with Crippen LogP contribution in [0.5, 0.6) is 0 Å². The summed E-state index contributed by atoms with van der Waals surface area (Å²) in [5, 5.41) is 11.7. The standard InChI is InChI=1S/C23H21N2O/c1-14(2)17-8-7-9-18-21-16(13-24)12-15(3)20(23(21)26-22(17)18)19-10-5-6-11-25(19)4/h5-12,14H,1-4H3/q+1. The van der Waals surface area contributed by atoms with Crippen LogP contribution in [0.2, 0.25) is 0 Å². The van der Waals surface area contributed by atoms with Gasteiger partial charge in [0.15, 0.2) is 11.8 Å². The van der Waals surface area contributed by atoms with E-state index in [-0.39, 0.29) is 0 Å². The van der Waals surface area contributed by atoms with Crippen molar-refractivity contribution in [1.29, 1.82) is 5.26 Å². The van der Waals surface area contributed by atoms with Gasteiger partial charge in [-0.05, 0) is 36.1 Å². The summed E-state index contributed by atoms with van der Waals surface area (Å²) in [4.78, 5) is 0. The van der Waals surface area contributed by atoms with E-state index < -0.39 is 0 Å². The minimum Gasteiger partial charge on any atom is -0.455 e. The van der Waals surface area contributed by atoms with E-state index in [4.69, 9.17) is 4.42 Å². The lowest BCUT2D eigenvalue weighted by atomic mass is 9.95. The first-order chi connectivity index (χ1) is 12.5. The molecule has 128 valence electrons. The molecule has 4 rings (SSSR count). The lowest BCUT2D eigenvalue weighted by Gasteiger charge is -2.06. The van der Waals surface area contributed by atoms with Crippen molar-refractivity contribution < 1.29 is 8.98 Å². The van der Waals surface area contributed by atoms with Crippen LogP contribution in [0.25, 0.3) is 33.2 Å². The molecule has 4 aromatic rings. The maximum absolute atomic E-state index is 9.74. The van der Waals surface area contributed by atoms with Crippen molar-refractivity contribution in [3.05, 3.63) is 65.4 Å². The average molecular weight is 341 g/mol. The number of nitriles is 1. The molecule has 0 fully saturated rings. The molecule has 0 N–H and O–H groups in total. The van der Waals surface area contributed by atoms with Crippen molar-refractivity contribution in [3.8, 4) is 17.3 Å². The number of fused-ring (bicyclic) bond motifs is 3. The molecule has 0 saturated heterocycles. The Bertz CT molecular complexity index is 1190. The van der Waals surface area contributed by atoms with Crippen molar-refractivity contribution in [3.63, 3.8) is 0 Å². The number of aryl methyl sites for hydroxylation is 2. The molecule has 0 radical (unpaired) electrons. The fraction of sp³-hybridized carbons (Fsp3) is 0.217. The molecule has 0 bridgehead atoms. The first-order valence-electron chi connectivity index (χ1n) is 8.86. The highest BCUT2D eigenvalue weighted by atomic mass is 16.3. The van der Waals surface area contributed by atoms with Gasteiger partial charge in [-0.15, -0.1) is 0 Å². The second-order valence-corrected chi connectivity index (χ2v) is 7.11. The zero-order valence-corrected chi connectivity index (χ0v) is 15.5. The van der Waals surface area contributed by atoms with Crippen LogP contribution < -0.4 is 4.57 Å². The van der Waals surface area contributed by atoms with Crippen LogP contribution >= 0.6 is 0 Å². The molecule has 2 aromatic carbocycles. The molecule has 0 aliphatic rings. The third kappa shape index (κ3) is 2.30. The maximum Gasteiger partial charge on any atom is 0.216 e.